The zero-order valence-corrected chi connectivity index (χ0v) is 8.79. The van der Waals surface area contributed by atoms with E-state index in [1.54, 1.807) is 0 Å². The van der Waals surface area contributed by atoms with E-state index in [0.717, 1.165) is 4.90 Å². The molecular formula is C7H10ClF6NO. The summed E-state index contributed by atoms with van der Waals surface area (Å²) in [7, 11) is 0. The molecule has 0 aromatic rings. The van der Waals surface area contributed by atoms with Gasteiger partial charge >= 0.3 is 12.5 Å². The smallest absolute Gasteiger partial charge is 0.292 e. The zero-order valence-electron chi connectivity index (χ0n) is 8.04. The maximum absolute atomic E-state index is 11.9. The van der Waals surface area contributed by atoms with Crippen LogP contribution >= 0.6 is 11.6 Å². The molecule has 0 heterocycles. The fourth-order valence-corrected chi connectivity index (χ4v) is 1.17. The highest BCUT2D eigenvalue weighted by atomic mass is 35.5. The van der Waals surface area contributed by atoms with Crippen LogP contribution in [0, 0.1) is 0 Å². The van der Waals surface area contributed by atoms with E-state index in [4.69, 9.17) is 11.6 Å². The molecule has 0 fully saturated rings. The molecule has 0 aliphatic heterocycles. The highest BCUT2D eigenvalue weighted by Gasteiger charge is 2.32. The average Bonchev–Trinajstić information content (AvgIpc) is 1.98. The maximum Gasteiger partial charge on any atom is 0.522 e. The normalized spacial score (nSPS) is 13.5. The van der Waals surface area contributed by atoms with Crippen LogP contribution in [0.5, 0.6) is 0 Å². The molecule has 0 saturated carbocycles. The average molecular weight is 274 g/mol. The van der Waals surface area contributed by atoms with Crippen molar-refractivity contribution in [2.24, 2.45) is 0 Å². The van der Waals surface area contributed by atoms with E-state index in [-0.39, 0.29) is 12.4 Å². The van der Waals surface area contributed by atoms with Crippen molar-refractivity contribution in [3.63, 3.8) is 0 Å². The first kappa shape index (κ1) is 15.8. The Balaban J connectivity index is 3.95. The largest absolute Gasteiger partial charge is 0.522 e. The molecule has 2 nitrogen and oxygen atoms in total. The van der Waals surface area contributed by atoms with Gasteiger partial charge in [0.15, 0.2) is 0 Å². The third-order valence-electron chi connectivity index (χ3n) is 1.48. The van der Waals surface area contributed by atoms with Crippen molar-refractivity contribution in [2.45, 2.75) is 12.5 Å². The van der Waals surface area contributed by atoms with Gasteiger partial charge in [0.25, 0.3) is 0 Å². The molecule has 0 amide bonds. The van der Waals surface area contributed by atoms with E-state index in [1.165, 1.54) is 0 Å². The second-order valence-corrected chi connectivity index (χ2v) is 3.25. The molecule has 0 aromatic carbocycles. The van der Waals surface area contributed by atoms with Crippen LogP contribution in [0.1, 0.15) is 0 Å². The molecule has 0 atom stereocenters. The molecule has 9 heteroatoms. The summed E-state index contributed by atoms with van der Waals surface area (Å²) in [6, 6.07) is 0. The Morgan fingerprint density at radius 3 is 1.94 bits per heavy atom. The van der Waals surface area contributed by atoms with Crippen molar-refractivity contribution in [3.8, 4) is 0 Å². The summed E-state index contributed by atoms with van der Waals surface area (Å²) in [5.41, 5.74) is 0. The van der Waals surface area contributed by atoms with Crippen LogP contribution in [0.25, 0.3) is 0 Å². The van der Waals surface area contributed by atoms with E-state index >= 15 is 0 Å². The molecule has 0 N–H and O–H groups in total. The lowest BCUT2D eigenvalue weighted by atomic mass is 10.4. The van der Waals surface area contributed by atoms with Crippen LogP contribution < -0.4 is 0 Å². The summed E-state index contributed by atoms with van der Waals surface area (Å²) in [5, 5.41) is 0. The van der Waals surface area contributed by atoms with Gasteiger partial charge in [0.2, 0.25) is 0 Å². The Labute approximate surface area is 93.1 Å². The third-order valence-corrected chi connectivity index (χ3v) is 1.65. The minimum absolute atomic E-state index is 0.0951. The Bertz CT molecular complexity index is 194. The lowest BCUT2D eigenvalue weighted by molar-refractivity contribution is -0.325. The molecular weight excluding hydrogens is 264 g/mol. The van der Waals surface area contributed by atoms with E-state index in [9.17, 15) is 26.3 Å². The van der Waals surface area contributed by atoms with Gasteiger partial charge in [-0.1, -0.05) is 0 Å². The summed E-state index contributed by atoms with van der Waals surface area (Å²) in [4.78, 5) is 0.749. The number of hydrogen-bond donors (Lipinski definition) is 0. The summed E-state index contributed by atoms with van der Waals surface area (Å²) in [6.45, 7) is -2.79. The van der Waals surface area contributed by atoms with Crippen molar-refractivity contribution >= 4 is 11.6 Å². The van der Waals surface area contributed by atoms with Crippen LogP contribution in [-0.2, 0) is 4.74 Å². The quantitative estimate of drug-likeness (QED) is 0.545. The highest BCUT2D eigenvalue weighted by Crippen LogP contribution is 2.18. The minimum Gasteiger partial charge on any atom is -0.292 e. The van der Waals surface area contributed by atoms with Gasteiger partial charge in [0.05, 0.1) is 13.2 Å². The summed E-state index contributed by atoms with van der Waals surface area (Å²) < 4.78 is 73.8. The zero-order chi connectivity index (χ0) is 12.8. The molecule has 0 aliphatic rings. The van der Waals surface area contributed by atoms with Gasteiger partial charge in [-0.25, -0.2) is 0 Å². The molecule has 0 aromatic heterocycles. The fourth-order valence-electron chi connectivity index (χ4n) is 0.933. The Kier molecular flexibility index (Phi) is 6.42. The van der Waals surface area contributed by atoms with Crippen LogP contribution in [-0.4, -0.2) is 49.6 Å². The monoisotopic (exact) mass is 273 g/mol. The van der Waals surface area contributed by atoms with Gasteiger partial charge < -0.3 is 0 Å². The minimum atomic E-state index is -4.83. The van der Waals surface area contributed by atoms with Crippen LogP contribution in [0.4, 0.5) is 26.3 Å². The van der Waals surface area contributed by atoms with Crippen molar-refractivity contribution in [3.05, 3.63) is 0 Å². The predicted octanol–water partition coefficient (Wildman–Crippen LogP) is 2.63. The Hall–Kier alpha value is -0.210. The van der Waals surface area contributed by atoms with E-state index < -0.39 is 32.2 Å². The predicted molar refractivity (Wildman–Crippen MR) is 45.2 cm³/mol. The van der Waals surface area contributed by atoms with Gasteiger partial charge in [-0.2, -0.15) is 13.2 Å². The molecule has 0 unspecified atom stereocenters. The molecule has 16 heavy (non-hydrogen) atoms. The van der Waals surface area contributed by atoms with Gasteiger partial charge in [-0.15, -0.1) is 24.8 Å². The van der Waals surface area contributed by atoms with Gasteiger partial charge in [0.1, 0.15) is 0 Å². The first-order valence-corrected chi connectivity index (χ1v) is 4.73. The summed E-state index contributed by atoms with van der Waals surface area (Å²) in [6.07, 6.45) is -9.30. The maximum atomic E-state index is 11.9. The topological polar surface area (TPSA) is 12.5 Å². The lowest BCUT2D eigenvalue weighted by Gasteiger charge is -2.22. The molecule has 98 valence electrons. The standard InChI is InChI=1S/C7H10ClF6NO/c8-1-2-15(5-6(9,10)11)3-4-16-7(12,13)14/h1-5H2. The van der Waals surface area contributed by atoms with Gasteiger partial charge in [-0.05, 0) is 0 Å². The third kappa shape index (κ3) is 10.3. The van der Waals surface area contributed by atoms with Crippen molar-refractivity contribution in [1.82, 2.24) is 4.90 Å². The number of nitrogens with zero attached hydrogens (tertiary/aromatic N) is 1. The van der Waals surface area contributed by atoms with Crippen molar-refractivity contribution in [2.75, 3.05) is 32.1 Å². The molecule has 0 bridgehead atoms. The van der Waals surface area contributed by atoms with E-state index in [0.29, 0.717) is 0 Å². The highest BCUT2D eigenvalue weighted by molar-refractivity contribution is 6.18. The number of halogens is 7. The molecule has 0 radical (unpaired) electrons. The van der Waals surface area contributed by atoms with Gasteiger partial charge in [0, 0.05) is 19.0 Å². The van der Waals surface area contributed by atoms with Crippen molar-refractivity contribution < 1.29 is 31.1 Å². The number of ether oxygens (including phenoxy) is 1. The van der Waals surface area contributed by atoms with Gasteiger partial charge in [-0.3, -0.25) is 9.64 Å². The molecule has 0 rings (SSSR count). The molecule has 0 saturated heterocycles. The summed E-state index contributed by atoms with van der Waals surface area (Å²) >= 11 is 5.22. The SMILES string of the molecule is FC(F)(F)CN(CCCl)CCOC(F)(F)F. The van der Waals surface area contributed by atoms with Crippen LogP contribution in [0.2, 0.25) is 0 Å². The Morgan fingerprint density at radius 1 is 1.00 bits per heavy atom. The van der Waals surface area contributed by atoms with Crippen molar-refractivity contribution in [1.29, 1.82) is 0 Å². The lowest BCUT2D eigenvalue weighted by Crippen LogP contribution is -2.38. The first-order valence-electron chi connectivity index (χ1n) is 4.20. The fraction of sp³-hybridized carbons (Fsp3) is 1.00. The van der Waals surface area contributed by atoms with Crippen LogP contribution in [0.3, 0.4) is 0 Å². The second kappa shape index (κ2) is 6.51. The number of alkyl halides is 7. The molecule has 0 aliphatic carbocycles. The number of hydrogen-bond acceptors (Lipinski definition) is 2. The van der Waals surface area contributed by atoms with Crippen LogP contribution in [0.15, 0.2) is 0 Å². The van der Waals surface area contributed by atoms with E-state index in [1.807, 2.05) is 0 Å². The van der Waals surface area contributed by atoms with E-state index in [2.05, 4.69) is 4.74 Å². The first-order chi connectivity index (χ1) is 7.14. The molecule has 0 spiro atoms. The summed E-state index contributed by atoms with van der Waals surface area (Å²) in [5.74, 6) is -0.0951. The second-order valence-electron chi connectivity index (χ2n) is 2.87. The number of rotatable bonds is 6. The Morgan fingerprint density at radius 2 is 1.56 bits per heavy atom.